The molecule has 0 amide bonds. The molecule has 1 aromatic heterocycles. The van der Waals surface area contributed by atoms with Gasteiger partial charge in [0.25, 0.3) is 0 Å². The number of thiazole rings is 1. The Bertz CT molecular complexity index is 529. The molecular weight excluding hydrogens is 268 g/mol. The molecule has 2 atom stereocenters. The van der Waals surface area contributed by atoms with Crippen LogP contribution in [0.25, 0.3) is 0 Å². The SMILES string of the molecule is Cc1nc(C(O)C(CN)c2cccc(Cl)c2)cs1. The summed E-state index contributed by atoms with van der Waals surface area (Å²) in [6.07, 6.45) is -0.696. The number of halogens is 1. The lowest BCUT2D eigenvalue weighted by Gasteiger charge is -2.20. The summed E-state index contributed by atoms with van der Waals surface area (Å²) in [5.41, 5.74) is 7.38. The Kier molecular flexibility index (Phi) is 4.35. The van der Waals surface area contributed by atoms with Gasteiger partial charge in [-0.3, -0.25) is 0 Å². The van der Waals surface area contributed by atoms with E-state index < -0.39 is 6.10 Å². The van der Waals surface area contributed by atoms with E-state index in [1.165, 1.54) is 11.3 Å². The quantitative estimate of drug-likeness (QED) is 0.906. The summed E-state index contributed by atoms with van der Waals surface area (Å²) in [6, 6.07) is 7.42. The van der Waals surface area contributed by atoms with E-state index in [9.17, 15) is 5.11 Å². The fraction of sp³-hybridized carbons (Fsp3) is 0.308. The van der Waals surface area contributed by atoms with Crippen LogP contribution in [0.3, 0.4) is 0 Å². The molecule has 1 aromatic carbocycles. The summed E-state index contributed by atoms with van der Waals surface area (Å²) in [5.74, 6) is -0.190. The Labute approximate surface area is 115 Å². The molecular formula is C13H15ClN2OS. The summed E-state index contributed by atoms with van der Waals surface area (Å²) in [4.78, 5) is 4.31. The van der Waals surface area contributed by atoms with E-state index in [1.54, 1.807) is 6.07 Å². The van der Waals surface area contributed by atoms with Crippen LogP contribution in [0.5, 0.6) is 0 Å². The second-order valence-electron chi connectivity index (χ2n) is 4.13. The monoisotopic (exact) mass is 282 g/mol. The van der Waals surface area contributed by atoms with Gasteiger partial charge in [-0.2, -0.15) is 0 Å². The summed E-state index contributed by atoms with van der Waals surface area (Å²) in [5, 5.41) is 13.8. The number of hydrogen-bond acceptors (Lipinski definition) is 4. The zero-order chi connectivity index (χ0) is 13.1. The van der Waals surface area contributed by atoms with E-state index in [4.69, 9.17) is 17.3 Å². The summed E-state index contributed by atoms with van der Waals surface area (Å²) < 4.78 is 0. The lowest BCUT2D eigenvalue weighted by atomic mass is 9.92. The molecule has 0 aliphatic heterocycles. The summed E-state index contributed by atoms with van der Waals surface area (Å²) in [7, 11) is 0. The van der Waals surface area contributed by atoms with Crippen molar-refractivity contribution in [1.29, 1.82) is 0 Å². The van der Waals surface area contributed by atoms with Gasteiger partial charge in [0.1, 0.15) is 6.10 Å². The lowest BCUT2D eigenvalue weighted by molar-refractivity contribution is 0.143. The molecule has 1 heterocycles. The predicted molar refractivity (Wildman–Crippen MR) is 75.1 cm³/mol. The molecule has 3 N–H and O–H groups in total. The Balaban J connectivity index is 2.28. The topological polar surface area (TPSA) is 59.1 Å². The van der Waals surface area contributed by atoms with Crippen molar-refractivity contribution in [3.8, 4) is 0 Å². The maximum Gasteiger partial charge on any atom is 0.105 e. The number of hydrogen-bond donors (Lipinski definition) is 2. The van der Waals surface area contributed by atoms with E-state index in [0.29, 0.717) is 17.3 Å². The molecule has 0 saturated heterocycles. The van der Waals surface area contributed by atoms with Crippen LogP contribution in [0.2, 0.25) is 5.02 Å². The number of nitrogens with zero attached hydrogens (tertiary/aromatic N) is 1. The van der Waals surface area contributed by atoms with Gasteiger partial charge >= 0.3 is 0 Å². The maximum absolute atomic E-state index is 10.4. The number of nitrogens with two attached hydrogens (primary N) is 1. The molecule has 2 rings (SSSR count). The molecule has 0 bridgehead atoms. The first kappa shape index (κ1) is 13.5. The smallest absolute Gasteiger partial charge is 0.105 e. The third-order valence-corrected chi connectivity index (χ3v) is 3.88. The first-order chi connectivity index (χ1) is 8.61. The minimum atomic E-state index is -0.696. The van der Waals surface area contributed by atoms with E-state index in [0.717, 1.165) is 10.6 Å². The minimum absolute atomic E-state index is 0.190. The van der Waals surface area contributed by atoms with Gasteiger partial charge in [-0.25, -0.2) is 4.98 Å². The maximum atomic E-state index is 10.4. The Morgan fingerprint density at radius 3 is 2.83 bits per heavy atom. The van der Waals surface area contributed by atoms with Gasteiger partial charge in [0.2, 0.25) is 0 Å². The molecule has 2 unspecified atom stereocenters. The van der Waals surface area contributed by atoms with Gasteiger partial charge in [-0.05, 0) is 24.6 Å². The number of aromatic nitrogens is 1. The average molecular weight is 283 g/mol. The lowest BCUT2D eigenvalue weighted by Crippen LogP contribution is -2.20. The summed E-state index contributed by atoms with van der Waals surface area (Å²) in [6.45, 7) is 2.26. The number of aliphatic hydroxyl groups excluding tert-OH is 1. The van der Waals surface area contributed by atoms with Crippen molar-refractivity contribution >= 4 is 22.9 Å². The van der Waals surface area contributed by atoms with Crippen LogP contribution >= 0.6 is 22.9 Å². The van der Waals surface area contributed by atoms with E-state index >= 15 is 0 Å². The van der Waals surface area contributed by atoms with Crippen molar-refractivity contribution in [2.45, 2.75) is 18.9 Å². The summed E-state index contributed by atoms with van der Waals surface area (Å²) >= 11 is 7.49. The van der Waals surface area contributed by atoms with Crippen LogP contribution in [0.1, 0.15) is 28.3 Å². The molecule has 5 heteroatoms. The Hall–Kier alpha value is -0.940. The highest BCUT2D eigenvalue weighted by Gasteiger charge is 2.23. The first-order valence-corrected chi connectivity index (χ1v) is 6.93. The van der Waals surface area contributed by atoms with Crippen molar-refractivity contribution in [2.24, 2.45) is 5.73 Å². The largest absolute Gasteiger partial charge is 0.386 e. The second kappa shape index (κ2) is 5.80. The second-order valence-corrected chi connectivity index (χ2v) is 5.63. The van der Waals surface area contributed by atoms with Crippen molar-refractivity contribution < 1.29 is 5.11 Å². The number of benzene rings is 1. The van der Waals surface area contributed by atoms with Crippen LogP contribution in [0.4, 0.5) is 0 Å². The Morgan fingerprint density at radius 1 is 1.50 bits per heavy atom. The van der Waals surface area contributed by atoms with Crippen LogP contribution in [-0.2, 0) is 0 Å². The standard InChI is InChI=1S/C13H15ClN2OS/c1-8-16-12(7-18-8)13(17)11(6-15)9-3-2-4-10(14)5-9/h2-5,7,11,13,17H,6,15H2,1H3. The van der Waals surface area contributed by atoms with Gasteiger partial charge in [-0.1, -0.05) is 23.7 Å². The first-order valence-electron chi connectivity index (χ1n) is 5.67. The van der Waals surface area contributed by atoms with Crippen molar-refractivity contribution in [1.82, 2.24) is 4.98 Å². The number of aryl methyl sites for hydroxylation is 1. The van der Waals surface area contributed by atoms with Gasteiger partial charge in [0.15, 0.2) is 0 Å². The van der Waals surface area contributed by atoms with Gasteiger partial charge in [0, 0.05) is 22.9 Å². The van der Waals surface area contributed by atoms with Crippen LogP contribution in [0.15, 0.2) is 29.6 Å². The Morgan fingerprint density at radius 2 is 2.28 bits per heavy atom. The van der Waals surface area contributed by atoms with E-state index in [1.807, 2.05) is 30.5 Å². The highest BCUT2D eigenvalue weighted by molar-refractivity contribution is 7.09. The van der Waals surface area contributed by atoms with Gasteiger partial charge in [-0.15, -0.1) is 11.3 Å². The third-order valence-electron chi connectivity index (χ3n) is 2.85. The molecule has 0 saturated carbocycles. The van der Waals surface area contributed by atoms with E-state index in [2.05, 4.69) is 4.98 Å². The molecule has 0 radical (unpaired) electrons. The molecule has 0 aliphatic carbocycles. The van der Waals surface area contributed by atoms with Crippen LogP contribution < -0.4 is 5.73 Å². The third kappa shape index (κ3) is 2.90. The molecule has 2 aromatic rings. The fourth-order valence-electron chi connectivity index (χ4n) is 1.91. The number of rotatable bonds is 4. The van der Waals surface area contributed by atoms with Crippen molar-refractivity contribution in [3.63, 3.8) is 0 Å². The average Bonchev–Trinajstić information content (AvgIpc) is 2.77. The molecule has 0 aliphatic rings. The van der Waals surface area contributed by atoms with Gasteiger partial charge < -0.3 is 10.8 Å². The van der Waals surface area contributed by atoms with Crippen LogP contribution in [0, 0.1) is 6.92 Å². The van der Waals surface area contributed by atoms with Crippen molar-refractivity contribution in [2.75, 3.05) is 6.54 Å². The zero-order valence-electron chi connectivity index (χ0n) is 10.0. The number of aliphatic hydroxyl groups is 1. The van der Waals surface area contributed by atoms with Crippen LogP contribution in [-0.4, -0.2) is 16.6 Å². The van der Waals surface area contributed by atoms with E-state index in [-0.39, 0.29) is 5.92 Å². The molecule has 0 fully saturated rings. The predicted octanol–water partition coefficient (Wildman–Crippen LogP) is 2.88. The molecule has 3 nitrogen and oxygen atoms in total. The molecule has 0 spiro atoms. The molecule has 18 heavy (non-hydrogen) atoms. The van der Waals surface area contributed by atoms with Crippen molar-refractivity contribution in [3.05, 3.63) is 50.9 Å². The minimum Gasteiger partial charge on any atom is -0.386 e. The molecule has 96 valence electrons. The highest BCUT2D eigenvalue weighted by atomic mass is 35.5. The zero-order valence-corrected chi connectivity index (χ0v) is 11.6. The highest BCUT2D eigenvalue weighted by Crippen LogP contribution is 2.31. The van der Waals surface area contributed by atoms with Gasteiger partial charge in [0.05, 0.1) is 10.7 Å². The normalized spacial score (nSPS) is 14.4. The fourth-order valence-corrected chi connectivity index (χ4v) is 2.75.